The summed E-state index contributed by atoms with van der Waals surface area (Å²) in [6.07, 6.45) is -0.196. The van der Waals surface area contributed by atoms with Gasteiger partial charge >= 0.3 is 0 Å². The Labute approximate surface area is 188 Å². The van der Waals surface area contributed by atoms with E-state index in [-0.39, 0.29) is 22.6 Å². The van der Waals surface area contributed by atoms with Gasteiger partial charge in [-0.15, -0.1) is 0 Å². The van der Waals surface area contributed by atoms with Crippen LogP contribution >= 0.6 is 11.5 Å². The summed E-state index contributed by atoms with van der Waals surface area (Å²) in [4.78, 5) is 4.69. The number of aliphatic hydroxyl groups excluding tert-OH is 1. The number of aliphatic hydroxyl groups is 1. The van der Waals surface area contributed by atoms with Gasteiger partial charge in [0.15, 0.2) is 0 Å². The molecule has 0 radical (unpaired) electrons. The Balaban J connectivity index is 1.50. The molecule has 2 aliphatic heterocycles. The summed E-state index contributed by atoms with van der Waals surface area (Å²) < 4.78 is 51.7. The summed E-state index contributed by atoms with van der Waals surface area (Å²) in [6, 6.07) is 9.72. The zero-order valence-electron chi connectivity index (χ0n) is 16.9. The average Bonchev–Trinajstić information content (AvgIpc) is 3.32. The number of sulfonamides is 1. The fourth-order valence-corrected chi connectivity index (χ4v) is 5.76. The van der Waals surface area contributed by atoms with Crippen LogP contribution in [0.15, 0.2) is 47.6 Å². The smallest absolute Gasteiger partial charge is 0.282 e. The van der Waals surface area contributed by atoms with Crippen molar-refractivity contribution in [1.29, 1.82) is 0 Å². The molecule has 2 aliphatic rings. The molecule has 12 heteroatoms. The molecule has 5 rings (SSSR count). The van der Waals surface area contributed by atoms with Crippen LogP contribution in [0, 0.1) is 5.82 Å². The van der Waals surface area contributed by atoms with Crippen molar-refractivity contribution in [2.24, 2.45) is 0 Å². The minimum atomic E-state index is -4.26. The van der Waals surface area contributed by atoms with Crippen LogP contribution in [-0.2, 0) is 10.0 Å². The molecule has 0 spiro atoms. The van der Waals surface area contributed by atoms with Crippen molar-refractivity contribution >= 4 is 32.4 Å². The number of hydrogen-bond acceptors (Lipinski definition) is 9. The number of benzene rings is 2. The van der Waals surface area contributed by atoms with E-state index in [9.17, 15) is 17.9 Å². The van der Waals surface area contributed by atoms with E-state index < -0.39 is 27.1 Å². The zero-order valence-corrected chi connectivity index (χ0v) is 18.5. The maximum absolute atomic E-state index is 15.0. The molecular weight excluding hydrogens is 457 g/mol. The van der Waals surface area contributed by atoms with Gasteiger partial charge in [-0.25, -0.2) is 17.8 Å². The second-order valence-electron chi connectivity index (χ2n) is 7.61. The first-order chi connectivity index (χ1) is 15.3. The normalized spacial score (nSPS) is 19.2. The largest absolute Gasteiger partial charge is 0.444 e. The lowest BCUT2D eigenvalue weighted by molar-refractivity contribution is -0.00777. The topological polar surface area (TPSA) is 117 Å². The van der Waals surface area contributed by atoms with Gasteiger partial charge < -0.3 is 20.1 Å². The molecule has 2 aromatic carbocycles. The first-order valence-electron chi connectivity index (χ1n) is 9.91. The zero-order chi connectivity index (χ0) is 22.5. The van der Waals surface area contributed by atoms with Gasteiger partial charge in [0.05, 0.1) is 11.7 Å². The predicted molar refractivity (Wildman–Crippen MR) is 117 cm³/mol. The van der Waals surface area contributed by atoms with Crippen LogP contribution in [0.4, 0.5) is 15.2 Å². The summed E-state index contributed by atoms with van der Waals surface area (Å²) in [5.41, 5.74) is 2.42. The van der Waals surface area contributed by atoms with Crippen LogP contribution in [0.25, 0.3) is 0 Å². The molecule has 0 amide bonds. The molecule has 32 heavy (non-hydrogen) atoms. The molecule has 1 aromatic heterocycles. The Hall–Kier alpha value is -2.80. The van der Waals surface area contributed by atoms with Gasteiger partial charge in [0.25, 0.3) is 16.4 Å². The van der Waals surface area contributed by atoms with Gasteiger partial charge in [-0.3, -0.25) is 4.72 Å². The molecule has 168 valence electrons. The van der Waals surface area contributed by atoms with Crippen LogP contribution in [0.3, 0.4) is 0 Å². The quantitative estimate of drug-likeness (QED) is 0.496. The molecule has 9 nitrogen and oxygen atoms in total. The second kappa shape index (κ2) is 7.96. The van der Waals surface area contributed by atoms with Crippen molar-refractivity contribution < 1.29 is 22.7 Å². The Morgan fingerprint density at radius 2 is 2.12 bits per heavy atom. The predicted octanol–water partition coefficient (Wildman–Crippen LogP) is 2.40. The van der Waals surface area contributed by atoms with E-state index in [0.29, 0.717) is 5.92 Å². The molecule has 1 saturated heterocycles. The van der Waals surface area contributed by atoms with Crippen LogP contribution in [0.5, 0.6) is 5.75 Å². The molecule has 3 heterocycles. The van der Waals surface area contributed by atoms with Gasteiger partial charge in [0, 0.05) is 42.7 Å². The summed E-state index contributed by atoms with van der Waals surface area (Å²) in [7, 11) is -4.26. The minimum absolute atomic E-state index is 0.0168. The van der Waals surface area contributed by atoms with E-state index in [1.165, 1.54) is 11.2 Å². The first kappa shape index (κ1) is 21.1. The van der Waals surface area contributed by atoms with Crippen molar-refractivity contribution in [2.45, 2.75) is 30.2 Å². The molecule has 3 N–H and O–H groups in total. The Kier molecular flexibility index (Phi) is 5.24. The summed E-state index contributed by atoms with van der Waals surface area (Å²) >= 11 is 0.830. The van der Waals surface area contributed by atoms with Crippen LogP contribution in [0.2, 0.25) is 0 Å². The molecule has 2 atom stereocenters. The molecule has 0 aliphatic carbocycles. The average molecular weight is 478 g/mol. The summed E-state index contributed by atoms with van der Waals surface area (Å²) in [5, 5.41) is 13.9. The van der Waals surface area contributed by atoms with E-state index in [1.54, 1.807) is 0 Å². The molecule has 1 fully saturated rings. The number of rotatable bonds is 6. The maximum Gasteiger partial charge on any atom is 0.282 e. The van der Waals surface area contributed by atoms with Gasteiger partial charge in [0.2, 0.25) is 5.13 Å². The van der Waals surface area contributed by atoms with Gasteiger partial charge in [-0.05, 0) is 18.1 Å². The summed E-state index contributed by atoms with van der Waals surface area (Å²) in [5.74, 6) is -0.525. The van der Waals surface area contributed by atoms with E-state index in [1.807, 2.05) is 25.1 Å². The lowest BCUT2D eigenvalue weighted by Gasteiger charge is -2.34. The van der Waals surface area contributed by atoms with Gasteiger partial charge in [-0.2, -0.15) is 4.37 Å². The van der Waals surface area contributed by atoms with Crippen LogP contribution < -0.4 is 19.7 Å². The van der Waals surface area contributed by atoms with Crippen molar-refractivity contribution in [3.05, 3.63) is 59.7 Å². The second-order valence-corrected chi connectivity index (χ2v) is 10.0. The first-order valence-corrected chi connectivity index (χ1v) is 12.2. The molecule has 2 unspecified atom stereocenters. The number of aromatic nitrogens is 2. The molecule has 0 bridgehead atoms. The van der Waals surface area contributed by atoms with Crippen molar-refractivity contribution in [3.63, 3.8) is 0 Å². The van der Waals surface area contributed by atoms with E-state index in [0.717, 1.165) is 47.9 Å². The van der Waals surface area contributed by atoms with E-state index in [4.69, 9.17) is 4.74 Å². The Bertz CT molecular complexity index is 1250. The molecular formula is C20H20FN5O4S2. The number of hydrogen-bond donors (Lipinski definition) is 3. The maximum atomic E-state index is 15.0. The highest BCUT2D eigenvalue weighted by Crippen LogP contribution is 2.45. The van der Waals surface area contributed by atoms with E-state index in [2.05, 4.69) is 25.5 Å². The number of fused-ring (bicyclic) bond motifs is 1. The SMILES string of the molecule is CC(c1ccccc1C1CNC1)N1c2cc(F)c(S(=O)(=O)Nc3ncns3)cc2OC1O. The highest BCUT2D eigenvalue weighted by Gasteiger charge is 2.37. The Morgan fingerprint density at radius 1 is 1.34 bits per heavy atom. The number of anilines is 2. The van der Waals surface area contributed by atoms with Crippen LogP contribution in [-0.4, -0.2) is 42.4 Å². The minimum Gasteiger partial charge on any atom is -0.444 e. The number of halogens is 1. The highest BCUT2D eigenvalue weighted by molar-refractivity contribution is 7.93. The molecule has 0 saturated carbocycles. The fourth-order valence-electron chi connectivity index (χ4n) is 4.03. The standard InChI is InChI=1S/C20H20FN5O4S2/c1-11(13-4-2-3-5-14(13)12-8-22-9-12)26-16-6-15(21)18(7-17(16)30-20(26)27)32(28,29)25-19-23-10-24-31-19/h2-7,10-12,20,22,27H,8-9H2,1H3,(H,23,24,25). The third-order valence-corrected chi connectivity index (χ3v) is 7.78. The highest BCUT2D eigenvalue weighted by atomic mass is 32.2. The Morgan fingerprint density at radius 3 is 2.81 bits per heavy atom. The van der Waals surface area contributed by atoms with E-state index >= 15 is 0 Å². The third-order valence-electron chi connectivity index (χ3n) is 5.72. The third kappa shape index (κ3) is 3.58. The monoisotopic (exact) mass is 477 g/mol. The number of ether oxygens (including phenoxy) is 1. The molecule has 3 aromatic rings. The fraction of sp³-hybridized carbons (Fsp3) is 0.300. The number of nitrogens with one attached hydrogen (secondary N) is 2. The van der Waals surface area contributed by atoms with Gasteiger partial charge in [-0.1, -0.05) is 24.3 Å². The number of nitrogens with zero attached hydrogens (tertiary/aromatic N) is 3. The lowest BCUT2D eigenvalue weighted by atomic mass is 9.87. The van der Waals surface area contributed by atoms with Gasteiger partial charge in [0.1, 0.15) is 22.8 Å². The van der Waals surface area contributed by atoms with Crippen molar-refractivity contribution in [2.75, 3.05) is 22.7 Å². The summed E-state index contributed by atoms with van der Waals surface area (Å²) in [6.45, 7) is 3.64. The van der Waals surface area contributed by atoms with Crippen LogP contribution in [0.1, 0.15) is 30.0 Å². The van der Waals surface area contributed by atoms with Crippen molar-refractivity contribution in [1.82, 2.24) is 14.7 Å². The van der Waals surface area contributed by atoms with Crippen molar-refractivity contribution in [3.8, 4) is 5.75 Å². The lowest BCUT2D eigenvalue weighted by Crippen LogP contribution is -2.42.